The number of carbonyl (C=O) groups is 1. The van der Waals surface area contributed by atoms with E-state index in [1.807, 2.05) is 24.0 Å². The minimum atomic E-state index is -0.741. The molecule has 18 heavy (non-hydrogen) atoms. The van der Waals surface area contributed by atoms with Gasteiger partial charge in [0.05, 0.1) is 12.1 Å². The second kappa shape index (κ2) is 7.16. The summed E-state index contributed by atoms with van der Waals surface area (Å²) in [6.07, 6.45) is 4.97. The molecule has 1 aromatic rings. The maximum atomic E-state index is 10.8. The smallest absolute Gasteiger partial charge is 0.307 e. The summed E-state index contributed by atoms with van der Waals surface area (Å²) in [6, 6.07) is 0. The number of carboxylic acid groups (broad SMARTS) is 1. The minimum absolute atomic E-state index is 0.337. The van der Waals surface area contributed by atoms with Crippen LogP contribution in [0, 0.1) is 5.92 Å². The lowest BCUT2D eigenvalue weighted by molar-refractivity contribution is -0.141. The summed E-state index contributed by atoms with van der Waals surface area (Å²) in [5.41, 5.74) is 1.14. The van der Waals surface area contributed by atoms with E-state index in [-0.39, 0.29) is 5.92 Å². The Bertz CT molecular complexity index is 376. The van der Waals surface area contributed by atoms with E-state index in [4.69, 9.17) is 5.11 Å². The molecule has 0 aliphatic heterocycles. The molecule has 0 amide bonds. The number of aromatic nitrogens is 2. The van der Waals surface area contributed by atoms with E-state index in [0.29, 0.717) is 6.54 Å². The van der Waals surface area contributed by atoms with E-state index in [1.165, 1.54) is 0 Å². The Balaban J connectivity index is 2.53. The third-order valence-electron chi connectivity index (χ3n) is 2.95. The standard InChI is InChI=1S/C13H23N3O2/c1-4-6-16-10-12(7-14-16)9-15(5-2)8-11(3)13(17)18/h7,10-11H,4-6,8-9H2,1-3H3,(H,17,18). The number of aryl methyl sites for hydroxylation is 1. The van der Waals surface area contributed by atoms with Crippen LogP contribution in [0.25, 0.3) is 0 Å². The molecule has 1 heterocycles. The van der Waals surface area contributed by atoms with Gasteiger partial charge < -0.3 is 5.11 Å². The van der Waals surface area contributed by atoms with Gasteiger partial charge in [0.25, 0.3) is 0 Å². The monoisotopic (exact) mass is 253 g/mol. The van der Waals surface area contributed by atoms with Crippen molar-refractivity contribution in [2.24, 2.45) is 5.92 Å². The summed E-state index contributed by atoms with van der Waals surface area (Å²) >= 11 is 0. The van der Waals surface area contributed by atoms with E-state index in [9.17, 15) is 4.79 Å². The van der Waals surface area contributed by atoms with Crippen molar-refractivity contribution < 1.29 is 9.90 Å². The van der Waals surface area contributed by atoms with E-state index in [2.05, 4.69) is 16.9 Å². The maximum absolute atomic E-state index is 10.8. The third-order valence-corrected chi connectivity index (χ3v) is 2.95. The van der Waals surface area contributed by atoms with Crippen LogP contribution in [-0.4, -0.2) is 38.8 Å². The van der Waals surface area contributed by atoms with Crippen molar-refractivity contribution in [1.82, 2.24) is 14.7 Å². The Morgan fingerprint density at radius 2 is 2.28 bits per heavy atom. The normalized spacial score (nSPS) is 12.9. The first-order valence-corrected chi connectivity index (χ1v) is 6.53. The molecular formula is C13H23N3O2. The first-order valence-electron chi connectivity index (χ1n) is 6.53. The molecule has 0 aromatic carbocycles. The van der Waals surface area contributed by atoms with E-state index in [1.54, 1.807) is 6.92 Å². The molecular weight excluding hydrogens is 230 g/mol. The van der Waals surface area contributed by atoms with Crippen LogP contribution in [0.5, 0.6) is 0 Å². The second-order valence-corrected chi connectivity index (χ2v) is 4.68. The molecule has 0 radical (unpaired) electrons. The molecule has 1 atom stereocenters. The number of carboxylic acids is 1. The lowest BCUT2D eigenvalue weighted by Crippen LogP contribution is -2.31. The summed E-state index contributed by atoms with van der Waals surface area (Å²) < 4.78 is 1.93. The fourth-order valence-electron chi connectivity index (χ4n) is 1.87. The molecule has 0 spiro atoms. The highest BCUT2D eigenvalue weighted by Gasteiger charge is 2.15. The lowest BCUT2D eigenvalue weighted by Gasteiger charge is -2.21. The molecule has 0 saturated carbocycles. The van der Waals surface area contributed by atoms with Crippen LogP contribution in [0.3, 0.4) is 0 Å². The Hall–Kier alpha value is -1.36. The van der Waals surface area contributed by atoms with Crippen LogP contribution in [0.15, 0.2) is 12.4 Å². The largest absolute Gasteiger partial charge is 0.481 e. The summed E-state index contributed by atoms with van der Waals surface area (Å²) in [4.78, 5) is 13.0. The number of nitrogens with zero attached hydrogens (tertiary/aromatic N) is 3. The zero-order chi connectivity index (χ0) is 13.5. The van der Waals surface area contributed by atoms with E-state index < -0.39 is 5.97 Å². The predicted molar refractivity (Wildman–Crippen MR) is 70.3 cm³/mol. The molecule has 1 N–H and O–H groups in total. The number of hydrogen-bond acceptors (Lipinski definition) is 3. The van der Waals surface area contributed by atoms with Gasteiger partial charge in [-0.3, -0.25) is 14.4 Å². The molecule has 1 rings (SSSR count). The first kappa shape index (κ1) is 14.7. The maximum Gasteiger partial charge on any atom is 0.307 e. The average molecular weight is 253 g/mol. The second-order valence-electron chi connectivity index (χ2n) is 4.68. The van der Waals surface area contributed by atoms with Crippen LogP contribution in [0.1, 0.15) is 32.8 Å². The van der Waals surface area contributed by atoms with Gasteiger partial charge in [0.1, 0.15) is 0 Å². The quantitative estimate of drug-likeness (QED) is 0.768. The van der Waals surface area contributed by atoms with Crippen molar-refractivity contribution >= 4 is 5.97 Å². The number of rotatable bonds is 8. The predicted octanol–water partition coefficient (Wildman–Crippen LogP) is 1.84. The Morgan fingerprint density at radius 1 is 1.56 bits per heavy atom. The van der Waals surface area contributed by atoms with Crippen LogP contribution < -0.4 is 0 Å². The first-order chi connectivity index (χ1) is 8.56. The number of hydrogen-bond donors (Lipinski definition) is 1. The Kier molecular flexibility index (Phi) is 5.85. The highest BCUT2D eigenvalue weighted by atomic mass is 16.4. The molecule has 1 aromatic heterocycles. The van der Waals surface area contributed by atoms with Gasteiger partial charge in [-0.1, -0.05) is 20.8 Å². The van der Waals surface area contributed by atoms with Gasteiger partial charge in [-0.05, 0) is 13.0 Å². The summed E-state index contributed by atoms with van der Waals surface area (Å²) in [5.74, 6) is -1.08. The topological polar surface area (TPSA) is 58.4 Å². The summed E-state index contributed by atoms with van der Waals surface area (Å²) in [6.45, 7) is 9.02. The summed E-state index contributed by atoms with van der Waals surface area (Å²) in [5, 5.41) is 13.2. The van der Waals surface area contributed by atoms with Gasteiger partial charge in [0.2, 0.25) is 0 Å². The van der Waals surface area contributed by atoms with Gasteiger partial charge in [-0.2, -0.15) is 5.10 Å². The van der Waals surface area contributed by atoms with Crippen LogP contribution in [0.2, 0.25) is 0 Å². The summed E-state index contributed by atoms with van der Waals surface area (Å²) in [7, 11) is 0. The van der Waals surface area contributed by atoms with Gasteiger partial charge in [-0.25, -0.2) is 0 Å². The van der Waals surface area contributed by atoms with Crippen LogP contribution in [0.4, 0.5) is 0 Å². The van der Waals surface area contributed by atoms with Gasteiger partial charge in [-0.15, -0.1) is 0 Å². The molecule has 5 nitrogen and oxygen atoms in total. The number of aliphatic carboxylic acids is 1. The van der Waals surface area contributed by atoms with E-state index in [0.717, 1.165) is 31.6 Å². The van der Waals surface area contributed by atoms with Gasteiger partial charge in [0.15, 0.2) is 0 Å². The fraction of sp³-hybridized carbons (Fsp3) is 0.692. The van der Waals surface area contributed by atoms with Crippen molar-refractivity contribution in [3.63, 3.8) is 0 Å². The SMILES string of the molecule is CCCn1cc(CN(CC)CC(C)C(=O)O)cn1. The van der Waals surface area contributed by atoms with Crippen molar-refractivity contribution in [2.75, 3.05) is 13.1 Å². The highest BCUT2D eigenvalue weighted by Crippen LogP contribution is 2.07. The molecule has 0 aliphatic rings. The van der Waals surface area contributed by atoms with E-state index >= 15 is 0 Å². The van der Waals surface area contributed by atoms with Gasteiger partial charge >= 0.3 is 5.97 Å². The minimum Gasteiger partial charge on any atom is -0.481 e. The molecule has 0 saturated heterocycles. The fourth-order valence-corrected chi connectivity index (χ4v) is 1.87. The molecule has 5 heteroatoms. The van der Waals surface area contributed by atoms with Crippen LogP contribution in [-0.2, 0) is 17.9 Å². The Morgan fingerprint density at radius 3 is 2.83 bits per heavy atom. The van der Waals surface area contributed by atoms with Crippen molar-refractivity contribution in [3.05, 3.63) is 18.0 Å². The third kappa shape index (κ3) is 4.49. The van der Waals surface area contributed by atoms with Crippen molar-refractivity contribution in [2.45, 2.75) is 40.3 Å². The molecule has 0 aliphatic carbocycles. The van der Waals surface area contributed by atoms with Crippen molar-refractivity contribution in [3.8, 4) is 0 Å². The van der Waals surface area contributed by atoms with Crippen LogP contribution >= 0.6 is 0 Å². The highest BCUT2D eigenvalue weighted by molar-refractivity contribution is 5.69. The molecule has 102 valence electrons. The molecule has 0 fully saturated rings. The zero-order valence-corrected chi connectivity index (χ0v) is 11.5. The average Bonchev–Trinajstić information content (AvgIpc) is 2.76. The molecule has 0 bridgehead atoms. The molecule has 1 unspecified atom stereocenters. The zero-order valence-electron chi connectivity index (χ0n) is 11.5. The van der Waals surface area contributed by atoms with Gasteiger partial charge in [0, 0.05) is 31.4 Å². The van der Waals surface area contributed by atoms with Crippen molar-refractivity contribution in [1.29, 1.82) is 0 Å². The Labute approximate surface area is 108 Å². The lowest BCUT2D eigenvalue weighted by atomic mass is 10.1.